The van der Waals surface area contributed by atoms with Gasteiger partial charge in [0.15, 0.2) is 0 Å². The third-order valence-electron chi connectivity index (χ3n) is 4.80. The summed E-state index contributed by atoms with van der Waals surface area (Å²) in [6.45, 7) is 7.64. The van der Waals surface area contributed by atoms with Crippen molar-refractivity contribution in [2.45, 2.75) is 38.4 Å². The van der Waals surface area contributed by atoms with Crippen molar-refractivity contribution in [1.82, 2.24) is 5.32 Å². The number of hydrogen-bond donors (Lipinski definition) is 4. The van der Waals surface area contributed by atoms with E-state index in [1.165, 1.54) is 16.9 Å². The summed E-state index contributed by atoms with van der Waals surface area (Å²) in [6, 6.07) is -0.571. The number of likely N-dealkylation sites (N-methyl/N-ethyl adjacent to an activating group) is 2. The number of quaternary nitrogens is 2. The number of amides is 1. The molecule has 0 aromatic heterocycles. The molecule has 1 saturated heterocycles. The molecule has 8 nitrogen and oxygen atoms in total. The van der Waals surface area contributed by atoms with Crippen LogP contribution < -0.4 is 15.1 Å². The van der Waals surface area contributed by atoms with Crippen LogP contribution in [0.5, 0.6) is 0 Å². The molecule has 0 aliphatic carbocycles. The predicted molar refractivity (Wildman–Crippen MR) is 93.4 cm³/mol. The molecule has 0 spiro atoms. The van der Waals surface area contributed by atoms with Crippen LogP contribution in [0, 0.1) is 5.92 Å². The van der Waals surface area contributed by atoms with Crippen molar-refractivity contribution in [3.8, 4) is 0 Å². The number of nitrogens with one attached hydrogen (secondary N) is 3. The van der Waals surface area contributed by atoms with Crippen molar-refractivity contribution in [2.75, 3.05) is 54.0 Å². The Labute approximate surface area is 167 Å². The molecule has 0 saturated carbocycles. The predicted octanol–water partition coefficient (Wildman–Crippen LogP) is -4.01. The SMILES string of the molecule is CC[NH+](CC[NH+](C)C)CC(=O)NC1C(OC)OC(C[O][Tl])C(C)C1O. The summed E-state index contributed by atoms with van der Waals surface area (Å²) in [5, 5.41) is 13.5. The second-order valence-electron chi connectivity index (χ2n) is 7.04. The molecule has 4 N–H and O–H groups in total. The number of aliphatic hydroxyl groups excluding tert-OH is 1. The van der Waals surface area contributed by atoms with Crippen LogP contribution in [0.2, 0.25) is 0 Å². The molecule has 6 unspecified atom stereocenters. The first-order valence-electron chi connectivity index (χ1n) is 8.93. The van der Waals surface area contributed by atoms with E-state index >= 15 is 0 Å². The summed E-state index contributed by atoms with van der Waals surface area (Å²) in [5.41, 5.74) is 0. The molecule has 1 amide bonds. The second-order valence-corrected chi connectivity index (χ2v) is 8.34. The van der Waals surface area contributed by atoms with Crippen LogP contribution in [0.3, 0.4) is 0 Å². The average Bonchev–Trinajstić information content (AvgIpc) is 2.58. The standard InChI is InChI=1S/C16H32N3O5.Tl/c1-6-19(8-7-18(3)4)9-13(21)17-14-15(22)11(2)12(10-20)24-16(14)23-5;/h11-12,14-16,22H,6-10H2,1-5H3,(H,17,21);/q-1;+1/p+2. The maximum atomic E-state index is 12.5. The number of carbonyl (C=O) groups excluding carboxylic acids is 1. The number of aliphatic hydroxyl groups is 1. The molecule has 0 aromatic carbocycles. The Morgan fingerprint density at radius 3 is 2.56 bits per heavy atom. The van der Waals surface area contributed by atoms with E-state index in [2.05, 4.69) is 26.3 Å². The summed E-state index contributed by atoms with van der Waals surface area (Å²) < 4.78 is 16.5. The van der Waals surface area contributed by atoms with Crippen LogP contribution in [0.15, 0.2) is 0 Å². The van der Waals surface area contributed by atoms with E-state index in [9.17, 15) is 9.90 Å². The van der Waals surface area contributed by atoms with Gasteiger partial charge in [-0.25, -0.2) is 0 Å². The fraction of sp³-hybridized carbons (Fsp3) is 0.938. The van der Waals surface area contributed by atoms with Crippen molar-refractivity contribution >= 4 is 32.1 Å². The summed E-state index contributed by atoms with van der Waals surface area (Å²) in [5.74, 6) is -0.228. The molecule has 6 atom stereocenters. The summed E-state index contributed by atoms with van der Waals surface area (Å²) in [4.78, 5) is 15.0. The molecular weight excluding hydrogens is 519 g/mol. The van der Waals surface area contributed by atoms with E-state index in [-0.39, 0.29) is 17.9 Å². The minimum absolute atomic E-state index is 0.0911. The molecule has 9 heteroatoms. The van der Waals surface area contributed by atoms with Crippen molar-refractivity contribution in [3.63, 3.8) is 0 Å². The molecule has 1 aliphatic rings. The van der Waals surface area contributed by atoms with E-state index in [0.29, 0.717) is 39.4 Å². The molecular formula is C16H34N3O5Tl+2. The fourth-order valence-corrected chi connectivity index (χ4v) is 3.75. The number of ether oxygens (including phenoxy) is 2. The van der Waals surface area contributed by atoms with Gasteiger partial charge in [-0.3, -0.25) is 0 Å². The molecule has 1 heterocycles. The first-order valence-corrected chi connectivity index (χ1v) is 10.8. The Morgan fingerprint density at radius 1 is 1.36 bits per heavy atom. The molecule has 25 heavy (non-hydrogen) atoms. The maximum absolute atomic E-state index is 12.5. The second kappa shape index (κ2) is 11.8. The van der Waals surface area contributed by atoms with Gasteiger partial charge in [0.2, 0.25) is 0 Å². The number of methoxy groups -OCH3 is 1. The third-order valence-corrected chi connectivity index (χ3v) is 5.55. The van der Waals surface area contributed by atoms with Gasteiger partial charge in [0.1, 0.15) is 0 Å². The first-order chi connectivity index (χ1) is 11.8. The average molecular weight is 553 g/mol. The van der Waals surface area contributed by atoms with E-state index in [4.69, 9.17) is 12.2 Å². The molecule has 0 aromatic rings. The van der Waals surface area contributed by atoms with Crippen molar-refractivity contribution in [1.29, 1.82) is 0 Å². The van der Waals surface area contributed by atoms with Crippen LogP contribution in [-0.4, -0.2) is 116 Å². The molecule has 0 bridgehead atoms. The summed E-state index contributed by atoms with van der Waals surface area (Å²) in [7, 11) is 5.73. The Bertz CT molecular complexity index is 400. The number of hydrogen-bond acceptors (Lipinski definition) is 5. The van der Waals surface area contributed by atoms with E-state index in [1.807, 2.05) is 6.92 Å². The molecule has 1 rings (SSSR count). The van der Waals surface area contributed by atoms with Gasteiger partial charge in [-0.05, 0) is 0 Å². The Hall–Kier alpha value is 0.152. The molecule has 0 radical (unpaired) electrons. The Balaban J connectivity index is 2.64. The van der Waals surface area contributed by atoms with Crippen LogP contribution in [0.1, 0.15) is 13.8 Å². The Morgan fingerprint density at radius 2 is 2.04 bits per heavy atom. The van der Waals surface area contributed by atoms with Crippen LogP contribution in [0.25, 0.3) is 0 Å². The zero-order valence-electron chi connectivity index (χ0n) is 16.1. The summed E-state index contributed by atoms with van der Waals surface area (Å²) in [6.07, 6.45) is -1.63. The molecule has 1 fully saturated rings. The van der Waals surface area contributed by atoms with Gasteiger partial charge in [-0.2, -0.15) is 0 Å². The normalized spacial score (nSPS) is 31.0. The molecule has 1 aliphatic heterocycles. The molecule has 144 valence electrons. The number of carbonyl (C=O) groups is 1. The fourth-order valence-electron chi connectivity index (χ4n) is 3.01. The van der Waals surface area contributed by atoms with Crippen LogP contribution in [0.4, 0.5) is 0 Å². The van der Waals surface area contributed by atoms with Gasteiger partial charge in [0, 0.05) is 0 Å². The van der Waals surface area contributed by atoms with E-state index in [0.717, 1.165) is 19.6 Å². The van der Waals surface area contributed by atoms with Gasteiger partial charge in [-0.15, -0.1) is 0 Å². The van der Waals surface area contributed by atoms with Gasteiger partial charge in [-0.1, -0.05) is 0 Å². The quantitative estimate of drug-likeness (QED) is 0.208. The zero-order chi connectivity index (χ0) is 19.0. The van der Waals surface area contributed by atoms with Gasteiger partial charge < -0.3 is 4.90 Å². The van der Waals surface area contributed by atoms with Gasteiger partial charge >= 0.3 is 149 Å². The van der Waals surface area contributed by atoms with E-state index < -0.39 is 18.4 Å². The number of rotatable bonds is 10. The van der Waals surface area contributed by atoms with Crippen molar-refractivity contribution in [2.24, 2.45) is 5.92 Å². The Kier molecular flexibility index (Phi) is 10.9. The third kappa shape index (κ3) is 7.35. The zero-order valence-corrected chi connectivity index (χ0v) is 20.6. The van der Waals surface area contributed by atoms with E-state index in [1.54, 1.807) is 0 Å². The summed E-state index contributed by atoms with van der Waals surface area (Å²) >= 11 is 0.420. The van der Waals surface area contributed by atoms with Gasteiger partial charge in [0.25, 0.3) is 0 Å². The van der Waals surface area contributed by atoms with Crippen molar-refractivity contribution in [3.05, 3.63) is 0 Å². The topological polar surface area (TPSA) is 85.9 Å². The monoisotopic (exact) mass is 553 g/mol. The van der Waals surface area contributed by atoms with Crippen molar-refractivity contribution < 1.29 is 31.9 Å². The first kappa shape index (κ1) is 23.2. The van der Waals surface area contributed by atoms with Crippen LogP contribution in [-0.2, 0) is 17.0 Å². The minimum atomic E-state index is -0.732. The van der Waals surface area contributed by atoms with Gasteiger partial charge in [0.05, 0.1) is 14.1 Å². The van der Waals surface area contributed by atoms with Crippen LogP contribution >= 0.6 is 0 Å².